The monoisotopic (exact) mass is 381 g/mol. The van der Waals surface area contributed by atoms with Crippen LogP contribution in [0.5, 0.6) is 0 Å². The average molecular weight is 381 g/mol. The summed E-state index contributed by atoms with van der Waals surface area (Å²) >= 11 is 0. The maximum atomic E-state index is 13.0. The number of nitrogens with one attached hydrogen (secondary N) is 1. The lowest BCUT2D eigenvalue weighted by Crippen LogP contribution is -2.20. The van der Waals surface area contributed by atoms with Gasteiger partial charge in [0.2, 0.25) is 0 Å². The Hall–Kier alpha value is -3.48. The second-order valence-corrected chi connectivity index (χ2v) is 6.22. The molecule has 0 aliphatic carbocycles. The number of hydrogen-bond donors (Lipinski definition) is 1. The van der Waals surface area contributed by atoms with E-state index < -0.39 is 5.97 Å². The number of carbonyl (C=O) groups is 1. The number of aromatic nitrogens is 2. The number of methoxy groups -OCH3 is 1. The molecule has 0 unspecified atom stereocenters. The van der Waals surface area contributed by atoms with Crippen LogP contribution in [0.4, 0.5) is 4.39 Å². The number of H-pyrrole nitrogens is 1. The summed E-state index contributed by atoms with van der Waals surface area (Å²) in [5.74, 6) is -0.782. The first-order chi connectivity index (χ1) is 13.5. The molecule has 1 heterocycles. The quantitative estimate of drug-likeness (QED) is 0.527. The smallest absolute Gasteiger partial charge is 0.311 e. The number of carbonyl (C=O) groups excluding carboxylic acids is 1. The fraction of sp³-hybridized carbons (Fsp3) is 0.190. The molecule has 3 aromatic rings. The van der Waals surface area contributed by atoms with E-state index in [4.69, 9.17) is 4.74 Å². The minimum atomic E-state index is -0.464. The number of halogens is 1. The predicted molar refractivity (Wildman–Crippen MR) is 104 cm³/mol. The maximum Gasteiger partial charge on any atom is 0.311 e. The third-order valence-corrected chi connectivity index (χ3v) is 4.30. The zero-order valence-corrected chi connectivity index (χ0v) is 15.6. The molecule has 28 heavy (non-hydrogen) atoms. The number of para-hydroxylation sites is 1. The summed E-state index contributed by atoms with van der Waals surface area (Å²) in [6.45, 7) is 2.00. The summed E-state index contributed by atoms with van der Waals surface area (Å²) in [4.78, 5) is 29.3. The Balaban J connectivity index is 2.00. The van der Waals surface area contributed by atoms with E-state index in [2.05, 4.69) is 10.1 Å². The Labute approximate surface area is 161 Å². The highest BCUT2D eigenvalue weighted by Crippen LogP contribution is 2.12. The van der Waals surface area contributed by atoms with Gasteiger partial charge < -0.3 is 4.74 Å². The van der Waals surface area contributed by atoms with Gasteiger partial charge in [0.15, 0.2) is 0 Å². The van der Waals surface area contributed by atoms with Crippen molar-refractivity contribution in [1.29, 1.82) is 0 Å². The molecule has 3 rings (SSSR count). The number of esters is 1. The minimum absolute atomic E-state index is 0.0791. The number of benzene rings is 2. The van der Waals surface area contributed by atoms with Crippen molar-refractivity contribution in [3.8, 4) is 5.69 Å². The topological polar surface area (TPSA) is 76.5 Å². The molecule has 0 radical (unpaired) electrons. The zero-order valence-electron chi connectivity index (χ0n) is 15.6. The van der Waals surface area contributed by atoms with Crippen LogP contribution < -0.4 is 5.56 Å². The highest BCUT2D eigenvalue weighted by Gasteiger charge is 2.20. The van der Waals surface area contributed by atoms with Crippen LogP contribution in [0.25, 0.3) is 5.69 Å². The highest BCUT2D eigenvalue weighted by atomic mass is 19.1. The number of hydrogen-bond acceptors (Lipinski definition) is 4. The molecular weight excluding hydrogens is 361 g/mol. The molecular formula is C21H20FN3O3. The van der Waals surface area contributed by atoms with Gasteiger partial charge in [-0.3, -0.25) is 19.7 Å². The molecule has 0 aliphatic rings. The van der Waals surface area contributed by atoms with E-state index in [1.165, 1.54) is 23.9 Å². The molecule has 0 fully saturated rings. The first kappa shape index (κ1) is 19.3. The molecule has 1 aromatic heterocycles. The first-order valence-corrected chi connectivity index (χ1v) is 8.71. The summed E-state index contributed by atoms with van der Waals surface area (Å²) in [7, 11) is 1.30. The summed E-state index contributed by atoms with van der Waals surface area (Å²) in [5, 5.41) is 2.99. The Morgan fingerprint density at radius 2 is 1.82 bits per heavy atom. The van der Waals surface area contributed by atoms with Crippen molar-refractivity contribution in [2.24, 2.45) is 4.99 Å². The summed E-state index contributed by atoms with van der Waals surface area (Å²) in [5.41, 5.74) is 2.41. The van der Waals surface area contributed by atoms with Gasteiger partial charge in [0.25, 0.3) is 5.56 Å². The number of rotatable bonds is 6. The molecule has 2 aromatic carbocycles. The van der Waals surface area contributed by atoms with Gasteiger partial charge in [-0.15, -0.1) is 0 Å². The Bertz CT molecular complexity index is 1050. The molecule has 0 aliphatic heterocycles. The number of nitrogens with zero attached hydrogens (tertiary/aromatic N) is 2. The van der Waals surface area contributed by atoms with Crippen LogP contribution in [0, 0.1) is 5.82 Å². The van der Waals surface area contributed by atoms with Gasteiger partial charge in [0, 0.05) is 5.71 Å². The molecule has 0 saturated carbocycles. The number of aromatic amines is 1. The van der Waals surface area contributed by atoms with Gasteiger partial charge in [-0.1, -0.05) is 30.3 Å². The van der Waals surface area contributed by atoms with Crippen molar-refractivity contribution in [1.82, 2.24) is 9.78 Å². The van der Waals surface area contributed by atoms with E-state index in [0.717, 1.165) is 5.56 Å². The second-order valence-electron chi connectivity index (χ2n) is 6.22. The highest BCUT2D eigenvalue weighted by molar-refractivity contribution is 6.00. The second kappa shape index (κ2) is 8.47. The van der Waals surface area contributed by atoms with Crippen LogP contribution in [0.3, 0.4) is 0 Å². The van der Waals surface area contributed by atoms with Crippen LogP contribution in [-0.2, 0) is 22.5 Å². The normalized spacial score (nSPS) is 11.5. The molecule has 6 nitrogen and oxygen atoms in total. The fourth-order valence-corrected chi connectivity index (χ4v) is 2.84. The third-order valence-electron chi connectivity index (χ3n) is 4.30. The lowest BCUT2D eigenvalue weighted by molar-refractivity contribution is -0.139. The van der Waals surface area contributed by atoms with E-state index in [-0.39, 0.29) is 17.8 Å². The van der Waals surface area contributed by atoms with Gasteiger partial charge in [0.05, 0.1) is 37.0 Å². The lowest BCUT2D eigenvalue weighted by Gasteiger charge is -2.02. The van der Waals surface area contributed by atoms with Crippen molar-refractivity contribution in [3.63, 3.8) is 0 Å². The first-order valence-electron chi connectivity index (χ1n) is 8.71. The summed E-state index contributed by atoms with van der Waals surface area (Å²) in [6.07, 6.45) is -0.0791. The largest absolute Gasteiger partial charge is 0.469 e. The summed E-state index contributed by atoms with van der Waals surface area (Å²) in [6, 6.07) is 15.1. The van der Waals surface area contributed by atoms with E-state index in [1.54, 1.807) is 31.2 Å². The van der Waals surface area contributed by atoms with Crippen molar-refractivity contribution >= 4 is 11.7 Å². The Morgan fingerprint density at radius 1 is 1.14 bits per heavy atom. The minimum Gasteiger partial charge on any atom is -0.469 e. The molecule has 0 amide bonds. The standard InChI is InChI=1S/C21H20FN3O3/c1-14(23-13-15-8-10-16(22)11-9-15)20-18(12-19(26)28-2)24-25(21(20)27)17-6-4-3-5-7-17/h3-11,24H,12-13H2,1-2H3. The Kier molecular flexibility index (Phi) is 5.84. The van der Waals surface area contributed by atoms with Gasteiger partial charge in [-0.2, -0.15) is 0 Å². The van der Waals surface area contributed by atoms with Gasteiger partial charge >= 0.3 is 5.97 Å². The van der Waals surface area contributed by atoms with Crippen LogP contribution in [-0.4, -0.2) is 28.6 Å². The molecule has 144 valence electrons. The maximum absolute atomic E-state index is 13.0. The van der Waals surface area contributed by atoms with E-state index in [0.29, 0.717) is 29.2 Å². The van der Waals surface area contributed by atoms with Gasteiger partial charge in [0.1, 0.15) is 5.82 Å². The molecule has 1 N–H and O–H groups in total. The molecule has 7 heteroatoms. The van der Waals surface area contributed by atoms with E-state index in [1.807, 2.05) is 18.2 Å². The van der Waals surface area contributed by atoms with Crippen LogP contribution in [0.1, 0.15) is 23.7 Å². The van der Waals surface area contributed by atoms with Crippen LogP contribution in [0.15, 0.2) is 64.4 Å². The van der Waals surface area contributed by atoms with Gasteiger partial charge in [-0.05, 0) is 36.8 Å². The number of ether oxygens (including phenoxy) is 1. The van der Waals surface area contributed by atoms with Crippen LogP contribution >= 0.6 is 0 Å². The van der Waals surface area contributed by atoms with E-state index in [9.17, 15) is 14.0 Å². The fourth-order valence-electron chi connectivity index (χ4n) is 2.84. The van der Waals surface area contributed by atoms with E-state index >= 15 is 0 Å². The molecule has 0 saturated heterocycles. The van der Waals surface area contributed by atoms with Crippen molar-refractivity contribution in [2.45, 2.75) is 19.9 Å². The average Bonchev–Trinajstić information content (AvgIpc) is 3.03. The van der Waals surface area contributed by atoms with Crippen molar-refractivity contribution < 1.29 is 13.9 Å². The molecule has 0 atom stereocenters. The predicted octanol–water partition coefficient (Wildman–Crippen LogP) is 3.03. The lowest BCUT2D eigenvalue weighted by atomic mass is 10.1. The zero-order chi connectivity index (χ0) is 20.1. The SMILES string of the molecule is COC(=O)Cc1[nH]n(-c2ccccc2)c(=O)c1C(C)=NCc1ccc(F)cc1. The molecule has 0 bridgehead atoms. The third kappa shape index (κ3) is 4.25. The van der Waals surface area contributed by atoms with Crippen molar-refractivity contribution in [3.05, 3.63) is 87.6 Å². The van der Waals surface area contributed by atoms with Gasteiger partial charge in [-0.25, -0.2) is 9.07 Å². The Morgan fingerprint density at radius 3 is 2.46 bits per heavy atom. The molecule has 0 spiro atoms. The summed E-state index contributed by atoms with van der Waals surface area (Å²) < 4.78 is 19.2. The number of aliphatic imine (C=N–C) groups is 1. The van der Waals surface area contributed by atoms with Crippen molar-refractivity contribution in [2.75, 3.05) is 7.11 Å². The van der Waals surface area contributed by atoms with Crippen LogP contribution in [0.2, 0.25) is 0 Å².